The van der Waals surface area contributed by atoms with Crippen molar-refractivity contribution >= 4 is 17.9 Å². The Morgan fingerprint density at radius 2 is 0.607 bits per heavy atom. The lowest BCUT2D eigenvalue weighted by Crippen LogP contribution is -2.44. The Labute approximate surface area is 523 Å². The zero-order valence-electron chi connectivity index (χ0n) is 57.1. The Balaban J connectivity index is 3.89. The van der Waals surface area contributed by atoms with Gasteiger partial charge in [-0.25, -0.2) is 0 Å². The minimum absolute atomic E-state index is 0.153. The number of esters is 2. The van der Waals surface area contributed by atoms with E-state index in [4.69, 9.17) is 18.9 Å². The summed E-state index contributed by atoms with van der Waals surface area (Å²) in [5.41, 5.74) is 0. The molecule has 0 rings (SSSR count). The second kappa shape index (κ2) is 67.0. The number of allylic oxidation sites excluding steroid dienone is 2. The third kappa shape index (κ3) is 67.5. The summed E-state index contributed by atoms with van der Waals surface area (Å²) in [7, 11) is 5.95. The Morgan fingerprint density at radius 1 is 0.345 bits per heavy atom. The summed E-state index contributed by atoms with van der Waals surface area (Å²) in [5, 5.41) is 11.8. The molecule has 0 aromatic heterocycles. The lowest BCUT2D eigenvalue weighted by atomic mass is 10.0. The van der Waals surface area contributed by atoms with Gasteiger partial charge in [0.1, 0.15) is 13.2 Å². The van der Waals surface area contributed by atoms with Gasteiger partial charge in [0.2, 0.25) is 0 Å². The van der Waals surface area contributed by atoms with Crippen molar-refractivity contribution in [1.29, 1.82) is 0 Å². The third-order valence-electron chi connectivity index (χ3n) is 17.3. The Kier molecular flexibility index (Phi) is 65.4. The smallest absolute Gasteiger partial charge is 0.306 e. The van der Waals surface area contributed by atoms with Gasteiger partial charge in [-0.3, -0.25) is 9.59 Å². The first-order valence-electron chi connectivity index (χ1n) is 37.3. The molecule has 0 amide bonds. The van der Waals surface area contributed by atoms with Crippen LogP contribution in [0.25, 0.3) is 0 Å². The van der Waals surface area contributed by atoms with Crippen LogP contribution >= 0.6 is 0 Å². The molecule has 0 saturated heterocycles. The molecule has 0 fully saturated rings. The number of carbonyl (C=O) groups excluding carboxylic acids is 3. The number of quaternary nitrogens is 1. The summed E-state index contributed by atoms with van der Waals surface area (Å²) in [6, 6.07) is 0. The molecule has 0 N–H and O–H groups in total. The molecule has 2 atom stereocenters. The molecule has 2 unspecified atom stereocenters. The summed E-state index contributed by atoms with van der Waals surface area (Å²) >= 11 is 0. The summed E-state index contributed by atoms with van der Waals surface area (Å²) in [5.74, 6) is -2.25. The lowest BCUT2D eigenvalue weighted by molar-refractivity contribution is -0.870. The molecular weight excluding hydrogens is 1040 g/mol. The topological polar surface area (TPSA) is 111 Å². The zero-order chi connectivity index (χ0) is 61.2. The van der Waals surface area contributed by atoms with Gasteiger partial charge in [0.05, 0.1) is 40.3 Å². The van der Waals surface area contributed by atoms with Crippen LogP contribution in [0.4, 0.5) is 0 Å². The van der Waals surface area contributed by atoms with Gasteiger partial charge in [-0.15, -0.1) is 0 Å². The molecule has 84 heavy (non-hydrogen) atoms. The third-order valence-corrected chi connectivity index (χ3v) is 17.3. The van der Waals surface area contributed by atoms with Crippen LogP contribution in [0.2, 0.25) is 0 Å². The first-order chi connectivity index (χ1) is 41.1. The van der Waals surface area contributed by atoms with E-state index in [1.54, 1.807) is 0 Å². The van der Waals surface area contributed by atoms with E-state index in [0.29, 0.717) is 17.4 Å². The van der Waals surface area contributed by atoms with Gasteiger partial charge in [0.15, 0.2) is 12.4 Å². The van der Waals surface area contributed by atoms with E-state index in [-0.39, 0.29) is 32.2 Å². The molecule has 0 heterocycles. The fraction of sp³-hybridized carbons (Fsp3) is 0.933. The van der Waals surface area contributed by atoms with Crippen LogP contribution in [-0.2, 0) is 33.3 Å². The molecule has 0 bridgehead atoms. The maximum Gasteiger partial charge on any atom is 0.306 e. The zero-order valence-corrected chi connectivity index (χ0v) is 57.1. The predicted octanol–water partition coefficient (Wildman–Crippen LogP) is 21.9. The van der Waals surface area contributed by atoms with Gasteiger partial charge in [-0.05, 0) is 38.5 Å². The summed E-state index contributed by atoms with van der Waals surface area (Å²) in [4.78, 5) is 37.4. The highest BCUT2D eigenvalue weighted by atomic mass is 16.7. The number of ether oxygens (including phenoxy) is 4. The molecular formula is C75H145NO8. The maximum atomic E-state index is 12.9. The van der Waals surface area contributed by atoms with Crippen LogP contribution in [0.1, 0.15) is 393 Å². The molecule has 0 spiro atoms. The van der Waals surface area contributed by atoms with Crippen molar-refractivity contribution in [2.45, 2.75) is 405 Å². The Hall–Kier alpha value is -1.97. The fourth-order valence-electron chi connectivity index (χ4n) is 11.5. The second-order valence-corrected chi connectivity index (χ2v) is 27.0. The lowest BCUT2D eigenvalue weighted by Gasteiger charge is -2.26. The minimum atomic E-state index is -1.62. The first kappa shape index (κ1) is 82.0. The number of aliphatic carboxylic acids is 1. The van der Waals surface area contributed by atoms with E-state index >= 15 is 0 Å². The highest BCUT2D eigenvalue weighted by molar-refractivity contribution is 5.70. The minimum Gasteiger partial charge on any atom is -0.545 e. The highest BCUT2D eigenvalue weighted by Crippen LogP contribution is 2.20. The Morgan fingerprint density at radius 3 is 0.881 bits per heavy atom. The van der Waals surface area contributed by atoms with Crippen LogP contribution in [-0.4, -0.2) is 82.3 Å². The van der Waals surface area contributed by atoms with Crippen LogP contribution in [0.3, 0.4) is 0 Å². The normalized spacial score (nSPS) is 12.6. The molecule has 9 nitrogen and oxygen atoms in total. The summed E-state index contributed by atoms with van der Waals surface area (Å²) in [6.45, 7) is 4.83. The molecule has 0 aliphatic carbocycles. The molecule has 0 aliphatic heterocycles. The number of hydrogen-bond donors (Lipinski definition) is 0. The molecule has 498 valence electrons. The SMILES string of the molecule is CCCCCCCCCC/C=C\CCCCCCCCCCCCCCCCCCCCCCCCCCCCCCCC(=O)OC(COC(=O)CCCCCCCCCCCCCCCCCCCC)COC(OCC[N+](C)(C)C)C(=O)[O-]. The number of carbonyl (C=O) groups is 3. The van der Waals surface area contributed by atoms with Crippen molar-refractivity contribution in [1.82, 2.24) is 0 Å². The van der Waals surface area contributed by atoms with Crippen molar-refractivity contribution < 1.29 is 42.9 Å². The van der Waals surface area contributed by atoms with Crippen molar-refractivity contribution in [2.24, 2.45) is 0 Å². The van der Waals surface area contributed by atoms with Gasteiger partial charge in [-0.1, -0.05) is 353 Å². The van der Waals surface area contributed by atoms with E-state index in [0.717, 1.165) is 38.5 Å². The molecule has 0 aromatic carbocycles. The van der Waals surface area contributed by atoms with E-state index in [2.05, 4.69) is 26.0 Å². The monoisotopic (exact) mass is 1190 g/mol. The van der Waals surface area contributed by atoms with Gasteiger partial charge < -0.3 is 33.3 Å². The van der Waals surface area contributed by atoms with Crippen molar-refractivity contribution in [3.8, 4) is 0 Å². The second-order valence-electron chi connectivity index (χ2n) is 27.0. The number of unbranched alkanes of at least 4 members (excludes halogenated alkanes) is 54. The van der Waals surface area contributed by atoms with E-state index in [1.807, 2.05) is 21.1 Å². The van der Waals surface area contributed by atoms with Gasteiger partial charge in [0, 0.05) is 12.8 Å². The van der Waals surface area contributed by atoms with E-state index in [1.165, 1.54) is 327 Å². The predicted molar refractivity (Wildman–Crippen MR) is 357 cm³/mol. The average molecular weight is 1190 g/mol. The van der Waals surface area contributed by atoms with Crippen LogP contribution in [0, 0.1) is 0 Å². The van der Waals surface area contributed by atoms with Gasteiger partial charge >= 0.3 is 11.9 Å². The molecule has 9 heteroatoms. The molecule has 0 radical (unpaired) electrons. The van der Waals surface area contributed by atoms with Crippen molar-refractivity contribution in [2.75, 3.05) is 47.5 Å². The maximum absolute atomic E-state index is 12.9. The molecule has 0 aromatic rings. The van der Waals surface area contributed by atoms with E-state index < -0.39 is 24.3 Å². The van der Waals surface area contributed by atoms with E-state index in [9.17, 15) is 19.5 Å². The largest absolute Gasteiger partial charge is 0.545 e. The number of hydrogen-bond acceptors (Lipinski definition) is 8. The number of carboxylic acids is 1. The molecule has 0 saturated carbocycles. The fourth-order valence-corrected chi connectivity index (χ4v) is 11.5. The molecule has 0 aliphatic rings. The quantitative estimate of drug-likeness (QED) is 0.0195. The number of rotatable bonds is 71. The average Bonchev–Trinajstić information content (AvgIpc) is 3.52. The van der Waals surface area contributed by atoms with Crippen LogP contribution < -0.4 is 5.11 Å². The summed E-state index contributed by atoms with van der Waals surface area (Å²) in [6.07, 6.45) is 79.1. The highest BCUT2D eigenvalue weighted by Gasteiger charge is 2.22. The van der Waals surface area contributed by atoms with Gasteiger partial charge in [-0.2, -0.15) is 0 Å². The van der Waals surface area contributed by atoms with Crippen molar-refractivity contribution in [3.63, 3.8) is 0 Å². The van der Waals surface area contributed by atoms with Crippen molar-refractivity contribution in [3.05, 3.63) is 12.2 Å². The number of carboxylic acid groups (broad SMARTS) is 1. The summed E-state index contributed by atoms with van der Waals surface area (Å²) < 4.78 is 22.8. The first-order valence-corrected chi connectivity index (χ1v) is 37.3. The van der Waals surface area contributed by atoms with Crippen LogP contribution in [0.15, 0.2) is 12.2 Å². The standard InChI is InChI=1S/C75H145NO8/c1-6-8-10-12-14-16-18-20-22-24-26-27-28-29-30-31-32-33-34-35-36-37-38-39-40-41-42-43-44-45-46-47-48-50-52-54-56-58-60-62-64-66-73(78)84-71(70-83-75(74(79)80)81-68-67-76(3,4)5)69-82-72(77)65-63-61-59-57-55-53-51-49-25-23-21-19-17-15-13-11-9-7-2/h24,26,71,75H,6-23,25,27-70H2,1-5H3/b26-24-. The number of nitrogens with zero attached hydrogens (tertiary/aromatic N) is 1. The van der Waals surface area contributed by atoms with Crippen LogP contribution in [0.5, 0.6) is 0 Å². The number of likely N-dealkylation sites (N-methyl/N-ethyl adjacent to an activating group) is 1. The van der Waals surface area contributed by atoms with Gasteiger partial charge in [0.25, 0.3) is 0 Å². The Bertz CT molecular complexity index is 1380.